The topological polar surface area (TPSA) is 96.5 Å². The van der Waals surface area contributed by atoms with Crippen molar-refractivity contribution in [3.63, 3.8) is 0 Å². The number of carbonyl (C=O) groups excluding carboxylic acids is 3. The van der Waals surface area contributed by atoms with Crippen molar-refractivity contribution in [2.24, 2.45) is 0 Å². The number of hydrogen-bond donors (Lipinski definition) is 3. The van der Waals surface area contributed by atoms with Crippen molar-refractivity contribution in [1.29, 1.82) is 0 Å². The van der Waals surface area contributed by atoms with Crippen molar-refractivity contribution in [3.05, 3.63) is 126 Å². The van der Waals surface area contributed by atoms with Crippen LogP contribution in [0.4, 0.5) is 11.4 Å². The third kappa shape index (κ3) is 9.08. The number of benzene rings is 4. The highest BCUT2D eigenvalue weighted by Crippen LogP contribution is 2.29. The largest absolute Gasteiger partial charge is 0.493 e. The zero-order valence-corrected chi connectivity index (χ0v) is 25.2. The van der Waals surface area contributed by atoms with E-state index >= 15 is 0 Å². The molecular formula is C35H35N3O4S. The Morgan fingerprint density at radius 2 is 1.51 bits per heavy atom. The summed E-state index contributed by atoms with van der Waals surface area (Å²) in [5, 5.41) is 8.33. The van der Waals surface area contributed by atoms with Crippen LogP contribution in [0.2, 0.25) is 0 Å². The molecule has 3 N–H and O–H groups in total. The quantitative estimate of drug-likeness (QED) is 0.118. The molecule has 0 radical (unpaired) electrons. The SMILES string of the molecule is CCOc1ccccc1/C=C(/NC(=O)c1ccccc1)C(=O)Nc1cccc(SC(CC)C(=O)Nc2cccc(C)c2)c1. The van der Waals surface area contributed by atoms with E-state index in [0.29, 0.717) is 35.6 Å². The van der Waals surface area contributed by atoms with Crippen molar-refractivity contribution in [3.8, 4) is 5.75 Å². The molecule has 4 aromatic carbocycles. The monoisotopic (exact) mass is 593 g/mol. The number of rotatable bonds is 12. The predicted octanol–water partition coefficient (Wildman–Crippen LogP) is 7.31. The maximum absolute atomic E-state index is 13.6. The molecule has 4 aromatic rings. The molecular weight excluding hydrogens is 558 g/mol. The maximum Gasteiger partial charge on any atom is 0.272 e. The molecule has 43 heavy (non-hydrogen) atoms. The minimum Gasteiger partial charge on any atom is -0.493 e. The van der Waals surface area contributed by atoms with Gasteiger partial charge in [-0.2, -0.15) is 0 Å². The van der Waals surface area contributed by atoms with Crippen molar-refractivity contribution >= 4 is 46.9 Å². The van der Waals surface area contributed by atoms with E-state index in [1.54, 1.807) is 36.4 Å². The fourth-order valence-electron chi connectivity index (χ4n) is 4.26. The molecule has 0 fully saturated rings. The summed E-state index contributed by atoms with van der Waals surface area (Å²) in [4.78, 5) is 40.4. The van der Waals surface area contributed by atoms with Gasteiger partial charge in [0.05, 0.1) is 11.9 Å². The maximum atomic E-state index is 13.6. The van der Waals surface area contributed by atoms with E-state index in [1.807, 2.05) is 93.6 Å². The summed E-state index contributed by atoms with van der Waals surface area (Å²) < 4.78 is 5.73. The molecule has 3 amide bonds. The van der Waals surface area contributed by atoms with Gasteiger partial charge in [-0.3, -0.25) is 14.4 Å². The highest BCUT2D eigenvalue weighted by Gasteiger charge is 2.20. The predicted molar refractivity (Wildman–Crippen MR) is 174 cm³/mol. The number of amides is 3. The molecule has 8 heteroatoms. The fourth-order valence-corrected chi connectivity index (χ4v) is 5.28. The van der Waals surface area contributed by atoms with Crippen LogP contribution in [0, 0.1) is 6.92 Å². The minimum absolute atomic E-state index is 0.0584. The van der Waals surface area contributed by atoms with Crippen molar-refractivity contribution in [2.75, 3.05) is 17.2 Å². The van der Waals surface area contributed by atoms with Crippen LogP contribution in [0.1, 0.15) is 41.8 Å². The van der Waals surface area contributed by atoms with Crippen LogP contribution in [0.3, 0.4) is 0 Å². The Morgan fingerprint density at radius 3 is 2.23 bits per heavy atom. The van der Waals surface area contributed by atoms with E-state index in [2.05, 4.69) is 16.0 Å². The van der Waals surface area contributed by atoms with E-state index in [1.165, 1.54) is 11.8 Å². The summed E-state index contributed by atoms with van der Waals surface area (Å²) in [6, 6.07) is 31.0. The Morgan fingerprint density at radius 1 is 0.814 bits per heavy atom. The average Bonchev–Trinajstić information content (AvgIpc) is 3.01. The van der Waals surface area contributed by atoms with Crippen LogP contribution >= 0.6 is 11.8 Å². The molecule has 0 aromatic heterocycles. The molecule has 1 atom stereocenters. The minimum atomic E-state index is -0.498. The number of hydrogen-bond acceptors (Lipinski definition) is 5. The van der Waals surface area contributed by atoms with Gasteiger partial charge in [0, 0.05) is 27.4 Å². The Hall–Kier alpha value is -4.82. The van der Waals surface area contributed by atoms with Gasteiger partial charge in [0.15, 0.2) is 0 Å². The Labute approximate surface area is 256 Å². The van der Waals surface area contributed by atoms with Gasteiger partial charge in [-0.15, -0.1) is 11.8 Å². The summed E-state index contributed by atoms with van der Waals surface area (Å²) in [5.74, 6) is -0.404. The number of ether oxygens (including phenoxy) is 1. The summed E-state index contributed by atoms with van der Waals surface area (Å²) in [5.41, 5.74) is 3.49. The van der Waals surface area contributed by atoms with Crippen LogP contribution in [0.5, 0.6) is 5.75 Å². The number of anilines is 2. The molecule has 0 saturated heterocycles. The first-order chi connectivity index (χ1) is 20.9. The summed E-state index contributed by atoms with van der Waals surface area (Å²) in [7, 11) is 0. The summed E-state index contributed by atoms with van der Waals surface area (Å²) in [6.45, 7) is 6.28. The van der Waals surface area contributed by atoms with Gasteiger partial charge in [0.1, 0.15) is 11.4 Å². The van der Waals surface area contributed by atoms with E-state index in [9.17, 15) is 14.4 Å². The van der Waals surface area contributed by atoms with Gasteiger partial charge in [0.2, 0.25) is 5.91 Å². The van der Waals surface area contributed by atoms with E-state index in [0.717, 1.165) is 16.1 Å². The molecule has 0 aliphatic carbocycles. The van der Waals surface area contributed by atoms with Gasteiger partial charge >= 0.3 is 0 Å². The number of para-hydroxylation sites is 1. The second-order valence-electron chi connectivity index (χ2n) is 9.70. The first-order valence-electron chi connectivity index (χ1n) is 14.1. The molecule has 4 rings (SSSR count). The second-order valence-corrected chi connectivity index (χ2v) is 11.0. The van der Waals surface area contributed by atoms with Crippen molar-refractivity contribution in [1.82, 2.24) is 5.32 Å². The van der Waals surface area contributed by atoms with Gasteiger partial charge in [0.25, 0.3) is 11.8 Å². The Bertz CT molecular complexity index is 1600. The van der Waals surface area contributed by atoms with Crippen LogP contribution < -0.4 is 20.7 Å². The van der Waals surface area contributed by atoms with Crippen molar-refractivity contribution in [2.45, 2.75) is 37.3 Å². The molecule has 0 aliphatic rings. The standard InChI is InChI=1S/C35H35N3O4S/c1-4-32(35(41)37-27-17-11-13-24(3)21-27)43-29-19-12-18-28(23-29)36-34(40)30(38-33(39)25-14-7-6-8-15-25)22-26-16-9-10-20-31(26)42-5-2/h6-23,32H,4-5H2,1-3H3,(H,36,40)(H,37,41)(H,38,39)/b30-22+. The fraction of sp³-hybridized carbons (Fsp3) is 0.171. The third-order valence-electron chi connectivity index (χ3n) is 6.37. The van der Waals surface area contributed by atoms with Gasteiger partial charge in [-0.05, 0) is 80.4 Å². The lowest BCUT2D eigenvalue weighted by Gasteiger charge is -2.16. The number of aryl methyl sites for hydroxylation is 1. The summed E-state index contributed by atoms with van der Waals surface area (Å²) >= 11 is 1.42. The van der Waals surface area contributed by atoms with Crippen molar-refractivity contribution < 1.29 is 19.1 Å². The molecule has 1 unspecified atom stereocenters. The van der Waals surface area contributed by atoms with Crippen LogP contribution in [-0.4, -0.2) is 29.6 Å². The third-order valence-corrected chi connectivity index (χ3v) is 7.72. The summed E-state index contributed by atoms with van der Waals surface area (Å²) in [6.07, 6.45) is 2.22. The second kappa shape index (κ2) is 15.4. The first-order valence-corrected chi connectivity index (χ1v) is 15.0. The number of carbonyl (C=O) groups is 3. The van der Waals surface area contributed by atoms with Gasteiger partial charge < -0.3 is 20.7 Å². The number of nitrogens with one attached hydrogen (secondary N) is 3. The Kier molecular flexibility index (Phi) is 11.2. The highest BCUT2D eigenvalue weighted by molar-refractivity contribution is 8.00. The Balaban J connectivity index is 1.53. The molecule has 7 nitrogen and oxygen atoms in total. The van der Waals surface area contributed by atoms with E-state index in [4.69, 9.17) is 4.74 Å². The van der Waals surface area contributed by atoms with E-state index < -0.39 is 11.8 Å². The van der Waals surface area contributed by atoms with Gasteiger partial charge in [-0.1, -0.05) is 61.5 Å². The average molecular weight is 594 g/mol. The zero-order valence-electron chi connectivity index (χ0n) is 24.4. The lowest BCUT2D eigenvalue weighted by atomic mass is 10.1. The highest BCUT2D eigenvalue weighted by atomic mass is 32.2. The van der Waals surface area contributed by atoms with E-state index in [-0.39, 0.29) is 16.9 Å². The van der Waals surface area contributed by atoms with Crippen LogP contribution in [0.25, 0.3) is 6.08 Å². The van der Waals surface area contributed by atoms with Gasteiger partial charge in [-0.25, -0.2) is 0 Å². The number of thioether (sulfide) groups is 1. The van der Waals surface area contributed by atoms with Crippen LogP contribution in [-0.2, 0) is 9.59 Å². The lowest BCUT2D eigenvalue weighted by Crippen LogP contribution is -2.30. The smallest absolute Gasteiger partial charge is 0.272 e. The van der Waals surface area contributed by atoms with Crippen LogP contribution in [0.15, 0.2) is 114 Å². The molecule has 220 valence electrons. The normalized spacial score (nSPS) is 11.7. The first kappa shape index (κ1) is 31.1. The molecule has 0 spiro atoms. The molecule has 0 heterocycles. The zero-order chi connectivity index (χ0) is 30.6. The molecule has 0 bridgehead atoms. The lowest BCUT2D eigenvalue weighted by molar-refractivity contribution is -0.116. The molecule has 0 aliphatic heterocycles. The molecule has 0 saturated carbocycles.